The molecule has 1 rings (SSSR count). The van der Waals surface area contributed by atoms with E-state index in [0.717, 1.165) is 12.8 Å². The molecule has 0 bridgehead atoms. The third-order valence-electron chi connectivity index (χ3n) is 2.77. The van der Waals surface area contributed by atoms with Gasteiger partial charge in [0.1, 0.15) is 5.60 Å². The van der Waals surface area contributed by atoms with Crippen molar-refractivity contribution in [2.45, 2.75) is 57.8 Å². The van der Waals surface area contributed by atoms with E-state index < -0.39 is 11.7 Å². The number of ether oxygens (including phenoxy) is 1. The van der Waals surface area contributed by atoms with Gasteiger partial charge >= 0.3 is 0 Å². The average molecular weight is 215 g/mol. The molecule has 0 aliphatic carbocycles. The van der Waals surface area contributed by atoms with Crippen LogP contribution in [0.4, 0.5) is 0 Å². The molecule has 0 saturated carbocycles. The molecule has 1 saturated heterocycles. The van der Waals surface area contributed by atoms with Gasteiger partial charge in [-0.05, 0) is 40.0 Å². The zero-order valence-electron chi connectivity index (χ0n) is 9.75. The van der Waals surface area contributed by atoms with E-state index in [4.69, 9.17) is 4.74 Å². The average Bonchev–Trinajstić information content (AvgIpc) is 2.51. The van der Waals surface area contributed by atoms with Crippen LogP contribution in [0.5, 0.6) is 0 Å². The predicted molar refractivity (Wildman–Crippen MR) is 57.5 cm³/mol. The van der Waals surface area contributed by atoms with Crippen LogP contribution in [0.3, 0.4) is 0 Å². The number of carbonyl (C=O) groups excluding carboxylic acids is 1. The van der Waals surface area contributed by atoms with Crippen LogP contribution >= 0.6 is 0 Å². The molecule has 2 N–H and O–H groups in total. The fraction of sp³-hybridized carbons (Fsp3) is 0.909. The lowest BCUT2D eigenvalue weighted by Gasteiger charge is -2.25. The van der Waals surface area contributed by atoms with E-state index in [1.54, 1.807) is 6.92 Å². The molecule has 15 heavy (non-hydrogen) atoms. The highest BCUT2D eigenvalue weighted by Gasteiger charge is 2.38. The molecule has 4 nitrogen and oxygen atoms in total. The van der Waals surface area contributed by atoms with Gasteiger partial charge in [0.15, 0.2) is 0 Å². The molecule has 1 aliphatic rings. The van der Waals surface area contributed by atoms with E-state index >= 15 is 0 Å². The molecule has 1 heterocycles. The van der Waals surface area contributed by atoms with Crippen LogP contribution in [0.1, 0.15) is 40.0 Å². The van der Waals surface area contributed by atoms with Gasteiger partial charge in [0.05, 0.1) is 6.10 Å². The topological polar surface area (TPSA) is 58.6 Å². The first-order valence-corrected chi connectivity index (χ1v) is 5.57. The van der Waals surface area contributed by atoms with Crippen molar-refractivity contribution in [3.05, 3.63) is 0 Å². The molecule has 0 spiro atoms. The number of aliphatic hydroxyl groups excluding tert-OH is 1. The molecule has 1 amide bonds. The highest BCUT2D eigenvalue weighted by Crippen LogP contribution is 2.25. The summed E-state index contributed by atoms with van der Waals surface area (Å²) in [6, 6.07) is -0.0153. The number of amides is 1. The van der Waals surface area contributed by atoms with Crippen LogP contribution < -0.4 is 5.32 Å². The number of rotatable bonds is 4. The lowest BCUT2D eigenvalue weighted by Crippen LogP contribution is -2.47. The Morgan fingerprint density at radius 3 is 2.73 bits per heavy atom. The van der Waals surface area contributed by atoms with Crippen molar-refractivity contribution in [3.8, 4) is 0 Å². The Balaban J connectivity index is 2.40. The molecule has 0 aromatic heterocycles. The summed E-state index contributed by atoms with van der Waals surface area (Å²) in [5, 5.41) is 12.1. The van der Waals surface area contributed by atoms with Crippen molar-refractivity contribution in [2.24, 2.45) is 0 Å². The Hall–Kier alpha value is -0.610. The van der Waals surface area contributed by atoms with Crippen molar-refractivity contribution < 1.29 is 14.6 Å². The minimum atomic E-state index is -0.660. The van der Waals surface area contributed by atoms with Crippen molar-refractivity contribution in [2.75, 3.05) is 6.61 Å². The van der Waals surface area contributed by atoms with E-state index in [-0.39, 0.29) is 11.9 Å². The fourth-order valence-corrected chi connectivity index (χ4v) is 1.91. The third-order valence-corrected chi connectivity index (χ3v) is 2.77. The lowest BCUT2D eigenvalue weighted by atomic mass is 10.0. The normalized spacial score (nSPS) is 29.9. The third kappa shape index (κ3) is 3.47. The van der Waals surface area contributed by atoms with Crippen molar-refractivity contribution in [1.29, 1.82) is 0 Å². The Morgan fingerprint density at radius 2 is 2.27 bits per heavy atom. The summed E-state index contributed by atoms with van der Waals surface area (Å²) in [7, 11) is 0. The number of carbonyl (C=O) groups is 1. The van der Waals surface area contributed by atoms with E-state index in [0.29, 0.717) is 13.0 Å². The minimum Gasteiger partial charge on any atom is -0.393 e. The summed E-state index contributed by atoms with van der Waals surface area (Å²) < 4.78 is 5.43. The molecule has 3 atom stereocenters. The highest BCUT2D eigenvalue weighted by atomic mass is 16.5. The molecular weight excluding hydrogens is 194 g/mol. The minimum absolute atomic E-state index is 0.0153. The summed E-state index contributed by atoms with van der Waals surface area (Å²) in [5.41, 5.74) is -0.660. The van der Waals surface area contributed by atoms with E-state index in [1.165, 1.54) is 0 Å². The highest BCUT2D eigenvalue weighted by molar-refractivity contribution is 5.85. The van der Waals surface area contributed by atoms with Gasteiger partial charge in [-0.15, -0.1) is 0 Å². The smallest absolute Gasteiger partial charge is 0.252 e. The van der Waals surface area contributed by atoms with Gasteiger partial charge in [-0.1, -0.05) is 0 Å². The summed E-state index contributed by atoms with van der Waals surface area (Å²) in [5.74, 6) is -0.0619. The van der Waals surface area contributed by atoms with Crippen LogP contribution in [0.25, 0.3) is 0 Å². The SMILES string of the molecule is CC(O)CC(C)NC(=O)C1(C)CCCO1. The largest absolute Gasteiger partial charge is 0.393 e. The van der Waals surface area contributed by atoms with E-state index in [9.17, 15) is 9.90 Å². The maximum Gasteiger partial charge on any atom is 0.252 e. The molecule has 1 aliphatic heterocycles. The molecule has 88 valence electrons. The van der Waals surface area contributed by atoms with Crippen LogP contribution in [0, 0.1) is 0 Å². The maximum absolute atomic E-state index is 11.8. The number of hydrogen-bond acceptors (Lipinski definition) is 3. The van der Waals surface area contributed by atoms with Gasteiger partial charge in [0.25, 0.3) is 5.91 Å². The first kappa shape index (κ1) is 12.5. The first-order valence-electron chi connectivity index (χ1n) is 5.57. The summed E-state index contributed by atoms with van der Waals surface area (Å²) in [4.78, 5) is 11.8. The second kappa shape index (κ2) is 4.94. The van der Waals surface area contributed by atoms with Crippen molar-refractivity contribution >= 4 is 5.91 Å². The standard InChI is InChI=1S/C11H21NO3/c1-8(7-9(2)13)12-10(14)11(3)5-4-6-15-11/h8-9,13H,4-7H2,1-3H3,(H,12,14). The maximum atomic E-state index is 11.8. The van der Waals surface area contributed by atoms with Gasteiger partial charge in [-0.25, -0.2) is 0 Å². The van der Waals surface area contributed by atoms with Crippen LogP contribution in [-0.4, -0.2) is 35.4 Å². The van der Waals surface area contributed by atoms with E-state index in [2.05, 4.69) is 5.32 Å². The van der Waals surface area contributed by atoms with Gasteiger partial charge in [-0.3, -0.25) is 4.79 Å². The molecule has 4 heteroatoms. The van der Waals surface area contributed by atoms with E-state index in [1.807, 2.05) is 13.8 Å². The Labute approximate surface area is 91.0 Å². The fourth-order valence-electron chi connectivity index (χ4n) is 1.91. The summed E-state index contributed by atoms with van der Waals surface area (Å²) in [6.07, 6.45) is 1.90. The van der Waals surface area contributed by atoms with Gasteiger partial charge < -0.3 is 15.2 Å². The number of aliphatic hydroxyl groups is 1. The molecular formula is C11H21NO3. The Bertz CT molecular complexity index is 222. The molecule has 0 aromatic carbocycles. The number of hydrogen-bond donors (Lipinski definition) is 2. The summed E-state index contributed by atoms with van der Waals surface area (Å²) >= 11 is 0. The second-order valence-corrected chi connectivity index (χ2v) is 4.64. The van der Waals surface area contributed by atoms with Crippen molar-refractivity contribution in [1.82, 2.24) is 5.32 Å². The zero-order valence-corrected chi connectivity index (χ0v) is 9.75. The summed E-state index contributed by atoms with van der Waals surface area (Å²) in [6.45, 7) is 6.10. The van der Waals surface area contributed by atoms with Crippen LogP contribution in [-0.2, 0) is 9.53 Å². The first-order chi connectivity index (χ1) is 6.94. The van der Waals surface area contributed by atoms with Gasteiger partial charge in [0.2, 0.25) is 0 Å². The zero-order chi connectivity index (χ0) is 11.5. The Kier molecular flexibility index (Phi) is 4.11. The monoisotopic (exact) mass is 215 g/mol. The van der Waals surface area contributed by atoms with Gasteiger partial charge in [-0.2, -0.15) is 0 Å². The Morgan fingerprint density at radius 1 is 1.60 bits per heavy atom. The van der Waals surface area contributed by atoms with Crippen molar-refractivity contribution in [3.63, 3.8) is 0 Å². The molecule has 3 unspecified atom stereocenters. The quantitative estimate of drug-likeness (QED) is 0.730. The second-order valence-electron chi connectivity index (χ2n) is 4.64. The predicted octanol–water partition coefficient (Wildman–Crippen LogP) is 0.831. The van der Waals surface area contributed by atoms with Gasteiger partial charge in [0, 0.05) is 12.6 Å². The molecule has 0 aromatic rings. The molecule has 0 radical (unpaired) electrons. The molecule has 1 fully saturated rings. The lowest BCUT2D eigenvalue weighted by molar-refractivity contribution is -0.140. The van der Waals surface area contributed by atoms with Crippen LogP contribution in [0.2, 0.25) is 0 Å². The van der Waals surface area contributed by atoms with Crippen LogP contribution in [0.15, 0.2) is 0 Å². The number of nitrogens with one attached hydrogen (secondary N) is 1.